The Bertz CT molecular complexity index is 1030. The number of esters is 1. The molecule has 0 bridgehead atoms. The van der Waals surface area contributed by atoms with Gasteiger partial charge in [-0.1, -0.05) is 18.2 Å². The number of ether oxygens (including phenoxy) is 1. The number of para-hydroxylation sites is 1. The van der Waals surface area contributed by atoms with Crippen LogP contribution in [0, 0.1) is 5.92 Å². The SMILES string of the molecule is CC1CCc2ccccc2N1C(=O)COC(=O)C1CCCN(c2ncccc2C(F)(F)F)C1. The van der Waals surface area contributed by atoms with E-state index in [4.69, 9.17) is 4.74 Å². The zero-order chi connectivity index (χ0) is 23.6. The van der Waals surface area contributed by atoms with E-state index < -0.39 is 30.2 Å². The molecule has 0 saturated carbocycles. The largest absolute Gasteiger partial charge is 0.455 e. The van der Waals surface area contributed by atoms with Gasteiger partial charge >= 0.3 is 12.1 Å². The third kappa shape index (κ3) is 4.96. The van der Waals surface area contributed by atoms with Crippen molar-refractivity contribution in [3.8, 4) is 0 Å². The minimum atomic E-state index is -4.54. The second kappa shape index (κ2) is 9.41. The molecule has 1 aromatic carbocycles. The Morgan fingerprint density at radius 1 is 1.15 bits per heavy atom. The molecule has 2 atom stereocenters. The molecule has 3 heterocycles. The normalized spacial score (nSPS) is 20.8. The maximum absolute atomic E-state index is 13.4. The molecule has 1 saturated heterocycles. The Hall–Kier alpha value is -3.10. The van der Waals surface area contributed by atoms with E-state index >= 15 is 0 Å². The number of carbonyl (C=O) groups excluding carboxylic acids is 2. The molecule has 0 aliphatic carbocycles. The van der Waals surface area contributed by atoms with Gasteiger partial charge in [-0.25, -0.2) is 4.98 Å². The highest BCUT2D eigenvalue weighted by Gasteiger charge is 2.38. The summed E-state index contributed by atoms with van der Waals surface area (Å²) >= 11 is 0. The van der Waals surface area contributed by atoms with Crippen molar-refractivity contribution in [2.24, 2.45) is 5.92 Å². The maximum atomic E-state index is 13.4. The van der Waals surface area contributed by atoms with E-state index in [2.05, 4.69) is 4.98 Å². The Labute approximate surface area is 190 Å². The molecule has 2 aromatic rings. The summed E-state index contributed by atoms with van der Waals surface area (Å²) in [6.07, 6.45) is -0.515. The summed E-state index contributed by atoms with van der Waals surface area (Å²) in [4.78, 5) is 32.7. The van der Waals surface area contributed by atoms with E-state index in [-0.39, 0.29) is 24.3 Å². The van der Waals surface area contributed by atoms with E-state index in [0.29, 0.717) is 19.4 Å². The van der Waals surface area contributed by atoms with Crippen LogP contribution in [0.4, 0.5) is 24.7 Å². The van der Waals surface area contributed by atoms with Gasteiger partial charge in [-0.15, -0.1) is 0 Å². The number of rotatable bonds is 4. The van der Waals surface area contributed by atoms with Gasteiger partial charge in [0, 0.05) is 31.0 Å². The highest BCUT2D eigenvalue weighted by Crippen LogP contribution is 2.36. The summed E-state index contributed by atoms with van der Waals surface area (Å²) in [6, 6.07) is 9.88. The molecule has 4 rings (SSSR count). The van der Waals surface area contributed by atoms with Gasteiger partial charge in [0.2, 0.25) is 0 Å². The van der Waals surface area contributed by atoms with Crippen molar-refractivity contribution in [3.05, 3.63) is 53.7 Å². The lowest BCUT2D eigenvalue weighted by Gasteiger charge is -2.35. The zero-order valence-corrected chi connectivity index (χ0v) is 18.3. The zero-order valence-electron chi connectivity index (χ0n) is 18.3. The number of pyridine rings is 1. The molecule has 0 N–H and O–H groups in total. The fourth-order valence-electron chi connectivity index (χ4n) is 4.62. The van der Waals surface area contributed by atoms with Crippen LogP contribution < -0.4 is 9.80 Å². The molecular weight excluding hydrogens is 435 g/mol. The summed E-state index contributed by atoms with van der Waals surface area (Å²) in [5.74, 6) is -1.69. The summed E-state index contributed by atoms with van der Waals surface area (Å²) in [6.45, 7) is 1.99. The summed E-state index contributed by atoms with van der Waals surface area (Å²) < 4.78 is 45.5. The molecule has 1 amide bonds. The number of aryl methyl sites for hydroxylation is 1. The van der Waals surface area contributed by atoms with Gasteiger partial charge in [0.15, 0.2) is 6.61 Å². The maximum Gasteiger partial charge on any atom is 0.419 e. The number of benzene rings is 1. The van der Waals surface area contributed by atoms with Gasteiger partial charge in [-0.2, -0.15) is 13.2 Å². The fourth-order valence-corrected chi connectivity index (χ4v) is 4.62. The third-order valence-corrected chi connectivity index (χ3v) is 6.28. The molecule has 9 heteroatoms. The van der Waals surface area contributed by atoms with Crippen molar-refractivity contribution in [3.63, 3.8) is 0 Å². The van der Waals surface area contributed by atoms with Gasteiger partial charge < -0.3 is 14.5 Å². The smallest absolute Gasteiger partial charge is 0.419 e. The first-order valence-electron chi connectivity index (χ1n) is 11.1. The molecular formula is C24H26F3N3O3. The molecule has 2 unspecified atom stereocenters. The topological polar surface area (TPSA) is 62.7 Å². The highest BCUT2D eigenvalue weighted by atomic mass is 19.4. The molecule has 2 aliphatic rings. The van der Waals surface area contributed by atoms with Crippen LogP contribution in [0.3, 0.4) is 0 Å². The lowest BCUT2D eigenvalue weighted by molar-refractivity contribution is -0.152. The van der Waals surface area contributed by atoms with Gasteiger partial charge in [0.05, 0.1) is 11.5 Å². The van der Waals surface area contributed by atoms with Crippen LogP contribution in [-0.2, 0) is 26.9 Å². The average Bonchev–Trinajstić information content (AvgIpc) is 2.81. The Morgan fingerprint density at radius 2 is 1.94 bits per heavy atom. The number of fused-ring (bicyclic) bond motifs is 1. The van der Waals surface area contributed by atoms with E-state index in [1.54, 1.807) is 4.90 Å². The number of amides is 1. The lowest BCUT2D eigenvalue weighted by Crippen LogP contribution is -2.45. The number of halogens is 3. The number of alkyl halides is 3. The quantitative estimate of drug-likeness (QED) is 0.638. The fraction of sp³-hybridized carbons (Fsp3) is 0.458. The van der Waals surface area contributed by atoms with Gasteiger partial charge in [-0.3, -0.25) is 9.59 Å². The van der Waals surface area contributed by atoms with E-state index in [1.807, 2.05) is 31.2 Å². The molecule has 0 radical (unpaired) electrons. The number of hydrogen-bond acceptors (Lipinski definition) is 5. The van der Waals surface area contributed by atoms with Crippen LogP contribution in [0.1, 0.15) is 37.3 Å². The highest BCUT2D eigenvalue weighted by molar-refractivity contribution is 5.97. The van der Waals surface area contributed by atoms with Crippen molar-refractivity contribution in [1.82, 2.24) is 4.98 Å². The van der Waals surface area contributed by atoms with Crippen LogP contribution in [0.5, 0.6) is 0 Å². The Kier molecular flexibility index (Phi) is 6.58. The standard InChI is InChI=1S/C24H26F3N3O3/c1-16-10-11-17-6-2-3-9-20(17)30(16)21(31)15-33-23(32)18-7-5-13-29(14-18)22-19(24(25,26)27)8-4-12-28-22/h2-4,6,8-9,12,16,18H,5,7,10-11,13-15H2,1H3. The van der Waals surface area contributed by atoms with Crippen molar-refractivity contribution < 1.29 is 27.5 Å². The van der Waals surface area contributed by atoms with Crippen molar-refractivity contribution in [1.29, 1.82) is 0 Å². The van der Waals surface area contributed by atoms with Gasteiger partial charge in [0.1, 0.15) is 5.82 Å². The molecule has 1 fully saturated rings. The average molecular weight is 461 g/mol. The summed E-state index contributed by atoms with van der Waals surface area (Å²) in [5.41, 5.74) is 1.08. The van der Waals surface area contributed by atoms with Crippen LogP contribution in [0.15, 0.2) is 42.6 Å². The number of hydrogen-bond donors (Lipinski definition) is 0. The minimum absolute atomic E-state index is 0.0128. The second-order valence-corrected chi connectivity index (χ2v) is 8.55. The van der Waals surface area contributed by atoms with Crippen LogP contribution in [0.2, 0.25) is 0 Å². The number of piperidine rings is 1. The molecule has 0 spiro atoms. The number of aromatic nitrogens is 1. The monoisotopic (exact) mass is 461 g/mol. The Balaban J connectivity index is 1.40. The number of carbonyl (C=O) groups is 2. The third-order valence-electron chi connectivity index (χ3n) is 6.28. The minimum Gasteiger partial charge on any atom is -0.455 e. The predicted molar refractivity (Wildman–Crippen MR) is 117 cm³/mol. The van der Waals surface area contributed by atoms with Crippen molar-refractivity contribution >= 4 is 23.4 Å². The second-order valence-electron chi connectivity index (χ2n) is 8.55. The number of anilines is 2. The first kappa shape index (κ1) is 23.1. The Morgan fingerprint density at radius 3 is 2.73 bits per heavy atom. The summed E-state index contributed by atoms with van der Waals surface area (Å²) in [7, 11) is 0. The number of nitrogens with zero attached hydrogens (tertiary/aromatic N) is 3. The van der Waals surface area contributed by atoms with E-state index in [9.17, 15) is 22.8 Å². The lowest BCUT2D eigenvalue weighted by atomic mass is 9.96. The van der Waals surface area contributed by atoms with Crippen molar-refractivity contribution in [2.75, 3.05) is 29.5 Å². The van der Waals surface area contributed by atoms with Gasteiger partial charge in [-0.05, 0) is 56.4 Å². The molecule has 6 nitrogen and oxygen atoms in total. The molecule has 2 aliphatic heterocycles. The summed E-state index contributed by atoms with van der Waals surface area (Å²) in [5, 5.41) is 0. The molecule has 33 heavy (non-hydrogen) atoms. The van der Waals surface area contributed by atoms with E-state index in [1.165, 1.54) is 17.2 Å². The van der Waals surface area contributed by atoms with Crippen molar-refractivity contribution in [2.45, 2.75) is 44.8 Å². The first-order chi connectivity index (χ1) is 15.8. The van der Waals surface area contributed by atoms with Gasteiger partial charge in [0.25, 0.3) is 5.91 Å². The molecule has 1 aromatic heterocycles. The molecule has 176 valence electrons. The first-order valence-corrected chi connectivity index (χ1v) is 11.1. The van der Waals surface area contributed by atoms with Crippen LogP contribution in [0.25, 0.3) is 0 Å². The predicted octanol–water partition coefficient (Wildman–Crippen LogP) is 4.23. The van der Waals surface area contributed by atoms with E-state index in [0.717, 1.165) is 30.2 Å². The van der Waals surface area contributed by atoms with Crippen LogP contribution >= 0.6 is 0 Å². The van der Waals surface area contributed by atoms with Crippen LogP contribution in [-0.4, -0.2) is 42.6 Å².